The molecule has 0 radical (unpaired) electrons. The second kappa shape index (κ2) is 16.7. The average molecular weight is 328 g/mol. The highest BCUT2D eigenvalue weighted by molar-refractivity contribution is 4.79. The lowest BCUT2D eigenvalue weighted by Crippen LogP contribution is -2.48. The van der Waals surface area contributed by atoms with E-state index in [-0.39, 0.29) is 6.04 Å². The third-order valence-electron chi connectivity index (χ3n) is 5.04. The molecule has 3 heteroatoms. The van der Waals surface area contributed by atoms with E-state index in [1.807, 2.05) is 0 Å². The molecule has 0 aliphatic heterocycles. The van der Waals surface area contributed by atoms with Crippen molar-refractivity contribution >= 4 is 0 Å². The molecule has 0 fully saturated rings. The molecular weight excluding hydrogens is 282 g/mol. The van der Waals surface area contributed by atoms with E-state index in [1.165, 1.54) is 83.5 Å². The fourth-order valence-electron chi connectivity index (χ4n) is 3.36. The van der Waals surface area contributed by atoms with Crippen molar-refractivity contribution in [3.05, 3.63) is 0 Å². The van der Waals surface area contributed by atoms with Crippen LogP contribution in [0.5, 0.6) is 0 Å². The van der Waals surface area contributed by atoms with E-state index in [9.17, 15) is 0 Å². The largest absolute Gasteiger partial charge is 0.329 e. The van der Waals surface area contributed by atoms with Gasteiger partial charge in [0.2, 0.25) is 0 Å². The standard InChI is InChI=1S/C20H45N3/c1-4-5-6-7-8-9-10-11-12-13-14-15-16-17-19(22)20(18-21)23(2)3/h19-20H,4-18,21-22H2,1-3H3/t19-,20-/m0/s1. The molecule has 0 amide bonds. The highest BCUT2D eigenvalue weighted by Crippen LogP contribution is 2.14. The molecule has 0 aliphatic rings. The zero-order chi connectivity index (χ0) is 17.3. The SMILES string of the molecule is CCCCCCCCCCCCCCC[C@H](N)[C@H](CN)N(C)C. The lowest BCUT2D eigenvalue weighted by atomic mass is 10.00. The van der Waals surface area contributed by atoms with E-state index in [1.54, 1.807) is 0 Å². The van der Waals surface area contributed by atoms with Crippen LogP contribution in [0.15, 0.2) is 0 Å². The van der Waals surface area contributed by atoms with Gasteiger partial charge in [-0.05, 0) is 20.5 Å². The van der Waals surface area contributed by atoms with Crippen LogP contribution >= 0.6 is 0 Å². The second-order valence-corrected chi connectivity index (χ2v) is 7.46. The minimum Gasteiger partial charge on any atom is -0.329 e. The van der Waals surface area contributed by atoms with Crippen LogP contribution in [0.25, 0.3) is 0 Å². The topological polar surface area (TPSA) is 55.3 Å². The molecule has 0 aromatic heterocycles. The van der Waals surface area contributed by atoms with E-state index < -0.39 is 0 Å². The molecule has 0 rings (SSSR count). The molecule has 0 heterocycles. The maximum absolute atomic E-state index is 6.25. The quantitative estimate of drug-likeness (QED) is 0.381. The summed E-state index contributed by atoms with van der Waals surface area (Å²) in [5, 5.41) is 0. The zero-order valence-corrected chi connectivity index (χ0v) is 16.4. The fraction of sp³-hybridized carbons (Fsp3) is 1.00. The van der Waals surface area contributed by atoms with Crippen molar-refractivity contribution in [3.8, 4) is 0 Å². The first kappa shape index (κ1) is 22.9. The number of hydrogen-bond acceptors (Lipinski definition) is 3. The summed E-state index contributed by atoms with van der Waals surface area (Å²) in [6.45, 7) is 2.94. The molecule has 0 unspecified atom stereocenters. The minimum absolute atomic E-state index is 0.225. The van der Waals surface area contributed by atoms with Gasteiger partial charge in [-0.1, -0.05) is 90.4 Å². The summed E-state index contributed by atoms with van der Waals surface area (Å²) in [4.78, 5) is 2.16. The van der Waals surface area contributed by atoms with Gasteiger partial charge in [-0.2, -0.15) is 0 Å². The van der Waals surface area contributed by atoms with Crippen LogP contribution in [0, 0.1) is 0 Å². The van der Waals surface area contributed by atoms with Crippen LogP contribution in [-0.4, -0.2) is 37.6 Å². The summed E-state index contributed by atoms with van der Waals surface area (Å²) < 4.78 is 0. The summed E-state index contributed by atoms with van der Waals surface area (Å²) in [5.74, 6) is 0. The first-order valence-corrected chi connectivity index (χ1v) is 10.3. The van der Waals surface area contributed by atoms with Gasteiger partial charge in [0, 0.05) is 18.6 Å². The van der Waals surface area contributed by atoms with Crippen molar-refractivity contribution in [1.82, 2.24) is 4.90 Å². The molecule has 0 saturated carbocycles. The van der Waals surface area contributed by atoms with E-state index in [4.69, 9.17) is 11.5 Å². The van der Waals surface area contributed by atoms with Crippen molar-refractivity contribution in [2.45, 2.75) is 109 Å². The molecule has 23 heavy (non-hydrogen) atoms. The Morgan fingerprint density at radius 3 is 1.43 bits per heavy atom. The van der Waals surface area contributed by atoms with Crippen molar-refractivity contribution in [1.29, 1.82) is 0 Å². The Morgan fingerprint density at radius 2 is 1.09 bits per heavy atom. The lowest BCUT2D eigenvalue weighted by molar-refractivity contribution is 0.249. The third-order valence-corrected chi connectivity index (χ3v) is 5.04. The predicted octanol–water partition coefficient (Wildman–Crippen LogP) is 4.68. The van der Waals surface area contributed by atoms with E-state index in [0.717, 1.165) is 6.42 Å². The number of hydrogen-bond donors (Lipinski definition) is 2. The van der Waals surface area contributed by atoms with Crippen LogP contribution in [-0.2, 0) is 0 Å². The molecule has 2 atom stereocenters. The minimum atomic E-state index is 0.225. The number of nitrogens with zero attached hydrogens (tertiary/aromatic N) is 1. The maximum Gasteiger partial charge on any atom is 0.0363 e. The normalized spacial score (nSPS) is 14.3. The molecular formula is C20H45N3. The summed E-state index contributed by atoms with van der Waals surface area (Å²) in [5.41, 5.74) is 12.0. The number of likely N-dealkylation sites (N-methyl/N-ethyl adjacent to an activating group) is 1. The lowest BCUT2D eigenvalue weighted by Gasteiger charge is -2.28. The van der Waals surface area contributed by atoms with Gasteiger partial charge < -0.3 is 16.4 Å². The van der Waals surface area contributed by atoms with Crippen molar-refractivity contribution in [2.75, 3.05) is 20.6 Å². The molecule has 0 aliphatic carbocycles. The van der Waals surface area contributed by atoms with Crippen LogP contribution in [0.1, 0.15) is 96.8 Å². The van der Waals surface area contributed by atoms with Crippen LogP contribution in [0.4, 0.5) is 0 Å². The highest BCUT2D eigenvalue weighted by atomic mass is 15.1. The molecule has 3 nitrogen and oxygen atoms in total. The summed E-state index contributed by atoms with van der Waals surface area (Å²) in [6, 6.07) is 0.551. The Bertz CT molecular complexity index is 231. The third kappa shape index (κ3) is 14.0. The molecule has 0 saturated heterocycles. The Morgan fingerprint density at radius 1 is 0.696 bits per heavy atom. The van der Waals surface area contributed by atoms with Gasteiger partial charge in [0.05, 0.1) is 0 Å². The maximum atomic E-state index is 6.25. The fourth-order valence-corrected chi connectivity index (χ4v) is 3.36. The van der Waals surface area contributed by atoms with Crippen molar-refractivity contribution in [2.24, 2.45) is 11.5 Å². The zero-order valence-electron chi connectivity index (χ0n) is 16.4. The Hall–Kier alpha value is -0.120. The Labute approximate surface area is 146 Å². The van der Waals surface area contributed by atoms with Gasteiger partial charge in [-0.25, -0.2) is 0 Å². The molecule has 140 valence electrons. The van der Waals surface area contributed by atoms with Gasteiger partial charge in [0.15, 0.2) is 0 Å². The Balaban J connectivity index is 3.27. The van der Waals surface area contributed by atoms with Gasteiger partial charge in [0.1, 0.15) is 0 Å². The van der Waals surface area contributed by atoms with E-state index in [0.29, 0.717) is 12.6 Å². The summed E-state index contributed by atoms with van der Waals surface area (Å²) in [7, 11) is 4.14. The number of unbranched alkanes of at least 4 members (excludes halogenated alkanes) is 12. The first-order valence-electron chi connectivity index (χ1n) is 10.3. The van der Waals surface area contributed by atoms with Crippen molar-refractivity contribution in [3.63, 3.8) is 0 Å². The van der Waals surface area contributed by atoms with Gasteiger partial charge in [-0.3, -0.25) is 0 Å². The van der Waals surface area contributed by atoms with Crippen LogP contribution in [0.3, 0.4) is 0 Å². The molecule has 4 N–H and O–H groups in total. The predicted molar refractivity (Wildman–Crippen MR) is 105 cm³/mol. The number of nitrogens with two attached hydrogens (primary N) is 2. The van der Waals surface area contributed by atoms with Crippen LogP contribution < -0.4 is 11.5 Å². The van der Waals surface area contributed by atoms with Crippen LogP contribution in [0.2, 0.25) is 0 Å². The van der Waals surface area contributed by atoms with Gasteiger partial charge in [-0.15, -0.1) is 0 Å². The summed E-state index contributed by atoms with van der Waals surface area (Å²) >= 11 is 0. The first-order chi connectivity index (χ1) is 11.1. The van der Waals surface area contributed by atoms with E-state index >= 15 is 0 Å². The van der Waals surface area contributed by atoms with Crippen molar-refractivity contribution < 1.29 is 0 Å². The smallest absolute Gasteiger partial charge is 0.0363 e. The molecule has 0 aromatic carbocycles. The van der Waals surface area contributed by atoms with Gasteiger partial charge in [0.25, 0.3) is 0 Å². The number of rotatable bonds is 17. The second-order valence-electron chi connectivity index (χ2n) is 7.46. The highest BCUT2D eigenvalue weighted by Gasteiger charge is 2.17. The molecule has 0 aromatic rings. The Kier molecular flexibility index (Phi) is 16.6. The molecule has 0 bridgehead atoms. The monoisotopic (exact) mass is 327 g/mol. The van der Waals surface area contributed by atoms with E-state index in [2.05, 4.69) is 25.9 Å². The molecule has 0 spiro atoms. The summed E-state index contributed by atoms with van der Waals surface area (Å²) in [6.07, 6.45) is 19.3. The van der Waals surface area contributed by atoms with Gasteiger partial charge >= 0.3 is 0 Å². The average Bonchev–Trinajstić information content (AvgIpc) is 2.52.